The molecule has 0 spiro atoms. The predicted molar refractivity (Wildman–Crippen MR) is 89.6 cm³/mol. The Balaban J connectivity index is 1.64. The summed E-state index contributed by atoms with van der Waals surface area (Å²) in [4.78, 5) is 16.9. The number of hydrogen-bond donors (Lipinski definition) is 1. The van der Waals surface area contributed by atoms with Crippen molar-refractivity contribution in [3.8, 4) is 0 Å². The van der Waals surface area contributed by atoms with E-state index < -0.39 is 17.8 Å². The summed E-state index contributed by atoms with van der Waals surface area (Å²) in [5.41, 5.74) is 0.383. The van der Waals surface area contributed by atoms with Crippen LogP contribution in [0.3, 0.4) is 0 Å². The molecule has 2 aromatic heterocycles. The number of benzene rings is 1. The number of amides is 1. The van der Waals surface area contributed by atoms with E-state index in [1.165, 1.54) is 23.5 Å². The van der Waals surface area contributed by atoms with Gasteiger partial charge >= 0.3 is 12.3 Å². The molecule has 0 saturated heterocycles. The molecule has 0 bridgehead atoms. The van der Waals surface area contributed by atoms with Gasteiger partial charge in [-0.05, 0) is 30.7 Å². The maximum atomic E-state index is 12.5. The van der Waals surface area contributed by atoms with Crippen molar-refractivity contribution in [1.82, 2.24) is 4.98 Å². The molecular weight excluding hydrogens is 353 g/mol. The lowest BCUT2D eigenvalue weighted by molar-refractivity contribution is -0.137. The summed E-state index contributed by atoms with van der Waals surface area (Å²) in [6.45, 7) is 1.75. The average Bonchev–Trinajstić information content (AvgIpc) is 2.88. The van der Waals surface area contributed by atoms with Gasteiger partial charge in [0.05, 0.1) is 16.0 Å². The van der Waals surface area contributed by atoms with Crippen LogP contribution in [0.2, 0.25) is 0 Å². The van der Waals surface area contributed by atoms with Crippen LogP contribution in [-0.4, -0.2) is 11.1 Å². The predicted octanol–water partition coefficient (Wildman–Crippen LogP) is 5.37. The first kappa shape index (κ1) is 17.2. The Morgan fingerprint density at radius 3 is 2.64 bits per heavy atom. The van der Waals surface area contributed by atoms with E-state index in [2.05, 4.69) is 10.3 Å². The van der Waals surface area contributed by atoms with Gasteiger partial charge in [-0.15, -0.1) is 11.3 Å². The number of nitrogens with zero attached hydrogens (tertiary/aromatic N) is 1. The second-order valence-corrected chi connectivity index (χ2v) is 6.56. The number of pyridine rings is 1. The third-order valence-corrected chi connectivity index (χ3v) is 4.60. The van der Waals surface area contributed by atoms with Crippen molar-refractivity contribution in [2.75, 3.05) is 5.32 Å². The highest BCUT2D eigenvalue weighted by Gasteiger charge is 2.29. The number of rotatable bonds is 3. The van der Waals surface area contributed by atoms with Crippen molar-refractivity contribution in [3.05, 3.63) is 58.7 Å². The van der Waals surface area contributed by atoms with E-state index in [9.17, 15) is 18.0 Å². The highest BCUT2D eigenvalue weighted by atomic mass is 32.1. The summed E-state index contributed by atoms with van der Waals surface area (Å²) in [6.07, 6.45) is -1.71. The number of hydrogen-bond acceptors (Lipinski definition) is 4. The van der Waals surface area contributed by atoms with Gasteiger partial charge in [0.2, 0.25) is 0 Å². The van der Waals surface area contributed by atoms with Crippen molar-refractivity contribution in [2.45, 2.75) is 19.7 Å². The van der Waals surface area contributed by atoms with Gasteiger partial charge in [0.15, 0.2) is 0 Å². The molecule has 0 aliphatic heterocycles. The van der Waals surface area contributed by atoms with Gasteiger partial charge in [-0.3, -0.25) is 10.3 Å². The second kappa shape index (κ2) is 6.72. The minimum Gasteiger partial charge on any atom is -0.444 e. The molecule has 4 nitrogen and oxygen atoms in total. The summed E-state index contributed by atoms with van der Waals surface area (Å²) in [6, 6.07) is 6.28. The monoisotopic (exact) mass is 366 g/mol. The van der Waals surface area contributed by atoms with Crippen LogP contribution < -0.4 is 5.32 Å². The molecule has 3 rings (SSSR count). The van der Waals surface area contributed by atoms with Gasteiger partial charge in [0, 0.05) is 22.7 Å². The fourth-order valence-electron chi connectivity index (χ4n) is 2.31. The summed E-state index contributed by atoms with van der Waals surface area (Å²) in [7, 11) is 0. The number of nitrogens with one attached hydrogen (secondary N) is 1. The molecule has 1 N–H and O–H groups in total. The summed E-state index contributed by atoms with van der Waals surface area (Å²) >= 11 is 1.50. The lowest BCUT2D eigenvalue weighted by Crippen LogP contribution is -2.14. The van der Waals surface area contributed by atoms with Crippen molar-refractivity contribution >= 4 is 33.2 Å². The Kier molecular flexibility index (Phi) is 4.63. The Hall–Kier alpha value is -2.61. The number of aryl methyl sites for hydroxylation is 1. The zero-order valence-corrected chi connectivity index (χ0v) is 13.9. The van der Waals surface area contributed by atoms with Crippen molar-refractivity contribution in [3.63, 3.8) is 0 Å². The van der Waals surface area contributed by atoms with Crippen LogP contribution >= 0.6 is 11.3 Å². The van der Waals surface area contributed by atoms with Gasteiger partial charge in [0.25, 0.3) is 0 Å². The number of halogens is 3. The van der Waals surface area contributed by atoms with Crippen molar-refractivity contribution < 1.29 is 22.7 Å². The lowest BCUT2D eigenvalue weighted by Gasteiger charge is -2.09. The van der Waals surface area contributed by atoms with Crippen LogP contribution in [0.1, 0.15) is 16.0 Å². The molecule has 1 amide bonds. The van der Waals surface area contributed by atoms with Crippen LogP contribution in [0, 0.1) is 6.92 Å². The second-order valence-electron chi connectivity index (χ2n) is 5.30. The smallest absolute Gasteiger partial charge is 0.416 e. The summed E-state index contributed by atoms with van der Waals surface area (Å²) < 4.78 is 43.6. The van der Waals surface area contributed by atoms with E-state index in [1.54, 1.807) is 18.5 Å². The quantitative estimate of drug-likeness (QED) is 0.678. The van der Waals surface area contributed by atoms with E-state index >= 15 is 0 Å². The van der Waals surface area contributed by atoms with Gasteiger partial charge in [-0.2, -0.15) is 13.2 Å². The Bertz CT molecular complexity index is 904. The van der Waals surface area contributed by atoms with Crippen LogP contribution in [0.25, 0.3) is 10.1 Å². The van der Waals surface area contributed by atoms with E-state index in [1.807, 2.05) is 6.92 Å². The zero-order chi connectivity index (χ0) is 18.0. The number of alkyl halides is 3. The van der Waals surface area contributed by atoms with E-state index in [0.717, 1.165) is 27.1 Å². The summed E-state index contributed by atoms with van der Waals surface area (Å²) in [5, 5.41) is 3.55. The van der Waals surface area contributed by atoms with Crippen molar-refractivity contribution in [1.29, 1.82) is 0 Å². The van der Waals surface area contributed by atoms with Gasteiger partial charge in [-0.25, -0.2) is 4.79 Å². The Morgan fingerprint density at radius 1 is 1.24 bits per heavy atom. The van der Waals surface area contributed by atoms with E-state index in [-0.39, 0.29) is 6.61 Å². The van der Waals surface area contributed by atoms with Crippen LogP contribution in [0.5, 0.6) is 0 Å². The largest absolute Gasteiger partial charge is 0.444 e. The Morgan fingerprint density at radius 2 is 1.96 bits per heavy atom. The highest BCUT2D eigenvalue weighted by molar-refractivity contribution is 7.19. The van der Waals surface area contributed by atoms with E-state index in [0.29, 0.717) is 11.3 Å². The molecule has 0 saturated carbocycles. The van der Waals surface area contributed by atoms with Gasteiger partial charge in [0.1, 0.15) is 6.61 Å². The molecule has 0 unspecified atom stereocenters. The molecule has 130 valence electrons. The Labute approximate surface area is 145 Å². The molecule has 0 atom stereocenters. The molecule has 3 aromatic rings. The van der Waals surface area contributed by atoms with E-state index in [4.69, 9.17) is 4.74 Å². The first-order valence-corrected chi connectivity index (χ1v) is 8.09. The fraction of sp³-hybridized carbons (Fsp3) is 0.176. The topological polar surface area (TPSA) is 51.2 Å². The highest BCUT2D eigenvalue weighted by Crippen LogP contribution is 2.34. The number of aromatic nitrogens is 1. The molecule has 0 aliphatic carbocycles. The SMILES string of the molecule is Cc1sc2cnccc2c1NC(=O)OCc1ccc(C(F)(F)F)cc1. The third-order valence-electron chi connectivity index (χ3n) is 3.55. The number of fused-ring (bicyclic) bond motifs is 1. The number of anilines is 1. The molecule has 8 heteroatoms. The molecule has 25 heavy (non-hydrogen) atoms. The maximum absolute atomic E-state index is 12.5. The standard InChI is InChI=1S/C17H13F3N2O2S/c1-10-15(13-6-7-21-8-14(13)25-10)22-16(23)24-9-11-2-4-12(5-3-11)17(18,19)20/h2-8H,9H2,1H3,(H,22,23). The number of carbonyl (C=O) groups is 1. The molecule has 1 aromatic carbocycles. The first-order chi connectivity index (χ1) is 11.8. The molecule has 2 heterocycles. The van der Waals surface area contributed by atoms with Crippen LogP contribution in [-0.2, 0) is 17.5 Å². The van der Waals surface area contributed by atoms with Gasteiger partial charge in [-0.1, -0.05) is 12.1 Å². The van der Waals surface area contributed by atoms with Crippen LogP contribution in [0.4, 0.5) is 23.7 Å². The number of ether oxygens (including phenoxy) is 1. The average molecular weight is 366 g/mol. The zero-order valence-electron chi connectivity index (χ0n) is 13.1. The first-order valence-electron chi connectivity index (χ1n) is 7.27. The lowest BCUT2D eigenvalue weighted by atomic mass is 10.1. The minimum atomic E-state index is -4.39. The van der Waals surface area contributed by atoms with Gasteiger partial charge < -0.3 is 4.74 Å². The normalized spacial score (nSPS) is 11.5. The van der Waals surface area contributed by atoms with Crippen molar-refractivity contribution in [2.24, 2.45) is 0 Å². The summed E-state index contributed by atoms with van der Waals surface area (Å²) in [5.74, 6) is 0. The molecular formula is C17H13F3N2O2S. The number of carbonyl (C=O) groups excluding carboxylic acids is 1. The molecule has 0 aliphatic rings. The minimum absolute atomic E-state index is 0.118. The number of thiophene rings is 1. The third kappa shape index (κ3) is 3.90. The maximum Gasteiger partial charge on any atom is 0.416 e. The fourth-order valence-corrected chi connectivity index (χ4v) is 3.29. The molecule has 0 fully saturated rings. The molecule has 0 radical (unpaired) electrons. The van der Waals surface area contributed by atoms with Crippen LogP contribution in [0.15, 0.2) is 42.7 Å².